The molecule has 0 aliphatic heterocycles. The second kappa shape index (κ2) is 8.29. The number of benzene rings is 2. The molecule has 0 saturated heterocycles. The molecule has 0 aliphatic carbocycles. The van der Waals surface area contributed by atoms with E-state index in [0.717, 1.165) is 16.7 Å². The third kappa shape index (κ3) is 4.67. The summed E-state index contributed by atoms with van der Waals surface area (Å²) >= 11 is 4.00. The highest BCUT2D eigenvalue weighted by Gasteiger charge is 2.04. The second-order valence-electron chi connectivity index (χ2n) is 4.65. The number of hydrogen-bond donors (Lipinski definition) is 1. The number of rotatable bonds is 7. The summed E-state index contributed by atoms with van der Waals surface area (Å²) in [6.07, 6.45) is 1.74. The maximum Gasteiger partial charge on any atom is 0.312 e. The minimum atomic E-state index is -0.269. The van der Waals surface area contributed by atoms with Crippen molar-refractivity contribution in [1.29, 1.82) is 0 Å². The molecule has 0 aliphatic rings. The lowest BCUT2D eigenvalue weighted by atomic mass is 10.0. The summed E-state index contributed by atoms with van der Waals surface area (Å²) in [5, 5.41) is 0. The quantitative estimate of drug-likeness (QED) is 0.359. The average molecular weight is 314 g/mol. The van der Waals surface area contributed by atoms with Gasteiger partial charge in [-0.25, -0.2) is 0 Å². The van der Waals surface area contributed by atoms with Gasteiger partial charge in [0.1, 0.15) is 12.4 Å². The lowest BCUT2D eigenvalue weighted by Gasteiger charge is -2.07. The molecule has 2 aromatic rings. The summed E-state index contributed by atoms with van der Waals surface area (Å²) < 4.78 is 10.3. The molecule has 0 N–H and O–H groups in total. The number of thiol groups is 1. The van der Waals surface area contributed by atoms with Crippen LogP contribution in [0.2, 0.25) is 0 Å². The number of carbonyl (C=O) groups is 1. The van der Waals surface area contributed by atoms with Crippen molar-refractivity contribution in [3.63, 3.8) is 0 Å². The Bertz CT molecular complexity index is 618. The van der Waals surface area contributed by atoms with E-state index in [9.17, 15) is 4.79 Å². The Morgan fingerprint density at radius 3 is 2.18 bits per heavy atom. The van der Waals surface area contributed by atoms with Crippen LogP contribution in [-0.4, -0.2) is 11.7 Å². The summed E-state index contributed by atoms with van der Waals surface area (Å²) in [7, 11) is 0. The van der Waals surface area contributed by atoms with E-state index in [1.807, 2.05) is 36.4 Å². The smallest absolute Gasteiger partial charge is 0.312 e. The SMILES string of the molecule is C=COCc1ccc(-c2ccc(OC(=O)CCS)cc2)cc1. The van der Waals surface area contributed by atoms with Crippen LogP contribution in [0.4, 0.5) is 0 Å². The fourth-order valence-electron chi connectivity index (χ4n) is 1.94. The highest BCUT2D eigenvalue weighted by molar-refractivity contribution is 7.80. The maximum absolute atomic E-state index is 11.4. The molecular formula is C18H18O3S. The van der Waals surface area contributed by atoms with Crippen LogP contribution in [0.3, 0.4) is 0 Å². The number of esters is 1. The van der Waals surface area contributed by atoms with Gasteiger partial charge in [0.15, 0.2) is 0 Å². The van der Waals surface area contributed by atoms with Crippen LogP contribution in [0.15, 0.2) is 61.4 Å². The lowest BCUT2D eigenvalue weighted by Crippen LogP contribution is -2.07. The van der Waals surface area contributed by atoms with Gasteiger partial charge < -0.3 is 9.47 Å². The normalized spacial score (nSPS) is 10.0. The standard InChI is InChI=1S/C18H18O3S/c1-2-20-13-14-3-5-15(6-4-14)16-7-9-17(10-8-16)21-18(19)11-12-22/h2-10,22H,1,11-13H2. The van der Waals surface area contributed by atoms with Crippen LogP contribution in [0.5, 0.6) is 5.75 Å². The highest BCUT2D eigenvalue weighted by atomic mass is 32.1. The van der Waals surface area contributed by atoms with Gasteiger partial charge in [-0.3, -0.25) is 4.79 Å². The van der Waals surface area contributed by atoms with Crippen molar-refractivity contribution in [2.75, 3.05) is 5.75 Å². The van der Waals surface area contributed by atoms with E-state index >= 15 is 0 Å². The zero-order chi connectivity index (χ0) is 15.8. The second-order valence-corrected chi connectivity index (χ2v) is 5.09. The summed E-state index contributed by atoms with van der Waals surface area (Å²) in [4.78, 5) is 11.4. The summed E-state index contributed by atoms with van der Waals surface area (Å²) in [6.45, 7) is 4.04. The molecule has 0 saturated carbocycles. The molecule has 0 aromatic heterocycles. The van der Waals surface area contributed by atoms with Crippen LogP contribution < -0.4 is 4.74 Å². The van der Waals surface area contributed by atoms with Gasteiger partial charge in [0.05, 0.1) is 12.7 Å². The van der Waals surface area contributed by atoms with Crippen molar-refractivity contribution < 1.29 is 14.3 Å². The minimum absolute atomic E-state index is 0.269. The molecule has 2 rings (SSSR count). The number of ether oxygens (including phenoxy) is 2. The van der Waals surface area contributed by atoms with E-state index in [0.29, 0.717) is 24.5 Å². The van der Waals surface area contributed by atoms with Gasteiger partial charge in [0, 0.05) is 5.75 Å². The Labute approximate surface area is 136 Å². The van der Waals surface area contributed by atoms with E-state index in [4.69, 9.17) is 9.47 Å². The van der Waals surface area contributed by atoms with Crippen molar-refractivity contribution >= 4 is 18.6 Å². The van der Waals surface area contributed by atoms with E-state index in [1.165, 1.54) is 6.26 Å². The first-order valence-corrected chi connectivity index (χ1v) is 7.59. The third-order valence-electron chi connectivity index (χ3n) is 3.06. The predicted octanol–water partition coefficient (Wildman–Crippen LogP) is 4.24. The van der Waals surface area contributed by atoms with Crippen LogP contribution in [0.25, 0.3) is 11.1 Å². The molecule has 0 unspecified atom stereocenters. The highest BCUT2D eigenvalue weighted by Crippen LogP contribution is 2.23. The van der Waals surface area contributed by atoms with E-state index < -0.39 is 0 Å². The first-order valence-electron chi connectivity index (χ1n) is 6.96. The van der Waals surface area contributed by atoms with Gasteiger partial charge in [0.2, 0.25) is 0 Å². The number of hydrogen-bond acceptors (Lipinski definition) is 4. The molecule has 0 spiro atoms. The van der Waals surface area contributed by atoms with Crippen molar-refractivity contribution in [2.45, 2.75) is 13.0 Å². The first-order chi connectivity index (χ1) is 10.7. The van der Waals surface area contributed by atoms with Gasteiger partial charge in [-0.05, 0) is 28.8 Å². The Morgan fingerprint density at radius 1 is 1.05 bits per heavy atom. The summed E-state index contributed by atoms with van der Waals surface area (Å²) in [6, 6.07) is 15.5. The monoisotopic (exact) mass is 314 g/mol. The first kappa shape index (κ1) is 16.2. The average Bonchev–Trinajstić information content (AvgIpc) is 2.54. The van der Waals surface area contributed by atoms with E-state index in [-0.39, 0.29) is 5.97 Å². The van der Waals surface area contributed by atoms with Crippen LogP contribution in [0, 0.1) is 0 Å². The van der Waals surface area contributed by atoms with Crippen LogP contribution in [0.1, 0.15) is 12.0 Å². The zero-order valence-corrected chi connectivity index (χ0v) is 13.1. The largest absolute Gasteiger partial charge is 0.497 e. The summed E-state index contributed by atoms with van der Waals surface area (Å²) in [5.74, 6) is 0.764. The van der Waals surface area contributed by atoms with E-state index in [1.54, 1.807) is 12.1 Å². The topological polar surface area (TPSA) is 35.5 Å². The Morgan fingerprint density at radius 2 is 1.64 bits per heavy atom. The molecule has 114 valence electrons. The van der Waals surface area contributed by atoms with Gasteiger partial charge in [-0.1, -0.05) is 43.0 Å². The number of carbonyl (C=O) groups excluding carboxylic acids is 1. The van der Waals surface area contributed by atoms with Gasteiger partial charge in [-0.2, -0.15) is 12.6 Å². The van der Waals surface area contributed by atoms with Gasteiger partial charge in [-0.15, -0.1) is 0 Å². The van der Waals surface area contributed by atoms with Crippen molar-refractivity contribution in [3.8, 4) is 16.9 Å². The Balaban J connectivity index is 2.03. The van der Waals surface area contributed by atoms with Crippen molar-refractivity contribution in [2.24, 2.45) is 0 Å². The Kier molecular flexibility index (Phi) is 6.10. The zero-order valence-electron chi connectivity index (χ0n) is 12.2. The molecular weight excluding hydrogens is 296 g/mol. The molecule has 2 aromatic carbocycles. The fourth-order valence-corrected chi connectivity index (χ4v) is 2.12. The van der Waals surface area contributed by atoms with E-state index in [2.05, 4.69) is 19.2 Å². The minimum Gasteiger partial charge on any atom is -0.497 e. The van der Waals surface area contributed by atoms with Gasteiger partial charge in [0.25, 0.3) is 0 Å². The third-order valence-corrected chi connectivity index (χ3v) is 3.28. The molecule has 0 amide bonds. The summed E-state index contributed by atoms with van der Waals surface area (Å²) in [5.41, 5.74) is 3.24. The van der Waals surface area contributed by atoms with Crippen LogP contribution in [-0.2, 0) is 16.1 Å². The Hall–Kier alpha value is -2.20. The predicted molar refractivity (Wildman–Crippen MR) is 91.0 cm³/mol. The lowest BCUT2D eigenvalue weighted by molar-refractivity contribution is -0.133. The molecule has 4 heteroatoms. The molecule has 22 heavy (non-hydrogen) atoms. The fraction of sp³-hybridized carbons (Fsp3) is 0.167. The molecule has 0 radical (unpaired) electrons. The van der Waals surface area contributed by atoms with Crippen molar-refractivity contribution in [3.05, 3.63) is 66.9 Å². The van der Waals surface area contributed by atoms with Gasteiger partial charge >= 0.3 is 5.97 Å². The van der Waals surface area contributed by atoms with Crippen molar-refractivity contribution in [1.82, 2.24) is 0 Å². The maximum atomic E-state index is 11.4. The molecule has 0 heterocycles. The molecule has 3 nitrogen and oxygen atoms in total. The van der Waals surface area contributed by atoms with Crippen LogP contribution >= 0.6 is 12.6 Å². The molecule has 0 atom stereocenters. The molecule has 0 fully saturated rings. The molecule has 0 bridgehead atoms.